The summed E-state index contributed by atoms with van der Waals surface area (Å²) in [4.78, 5) is 16.7. The molecule has 62 valence electrons. The number of imidazole rings is 1. The van der Waals surface area contributed by atoms with E-state index in [4.69, 9.17) is 11.5 Å². The van der Waals surface area contributed by atoms with Crippen LogP contribution in [0.5, 0.6) is 0 Å². The van der Waals surface area contributed by atoms with Crippen molar-refractivity contribution in [2.75, 3.05) is 5.73 Å². The van der Waals surface area contributed by atoms with Crippen molar-refractivity contribution in [2.24, 2.45) is 5.73 Å². The topological polar surface area (TPSA) is 97.8 Å². The first-order valence-electron chi connectivity index (χ1n) is 2.76. The van der Waals surface area contributed by atoms with E-state index in [9.17, 15) is 4.79 Å². The van der Waals surface area contributed by atoms with Crippen LogP contribution < -0.4 is 11.5 Å². The minimum absolute atomic E-state index is 0. The van der Waals surface area contributed by atoms with Gasteiger partial charge in [-0.3, -0.25) is 4.79 Å². The number of aromatic nitrogens is 2. The Morgan fingerprint density at radius 2 is 2.36 bits per heavy atom. The second-order valence-electron chi connectivity index (χ2n) is 1.92. The lowest BCUT2D eigenvalue weighted by atomic mass is 10.3. The van der Waals surface area contributed by atoms with E-state index in [-0.39, 0.29) is 18.8 Å². The smallest absolute Gasteiger partial charge is 0.223 e. The molecular formula is C5H9ClN4O. The maximum Gasteiger partial charge on any atom is 0.223 e. The van der Waals surface area contributed by atoms with Gasteiger partial charge in [-0.1, -0.05) is 0 Å². The average Bonchev–Trinajstić information content (AvgIpc) is 2.13. The van der Waals surface area contributed by atoms with Gasteiger partial charge in [0.2, 0.25) is 5.91 Å². The van der Waals surface area contributed by atoms with Crippen LogP contribution in [0.2, 0.25) is 0 Å². The van der Waals surface area contributed by atoms with Crippen molar-refractivity contribution in [3.8, 4) is 0 Å². The number of hydrogen-bond donors (Lipinski definition) is 3. The molecule has 0 unspecified atom stereocenters. The van der Waals surface area contributed by atoms with E-state index in [1.54, 1.807) is 6.20 Å². The molecule has 0 bridgehead atoms. The van der Waals surface area contributed by atoms with Gasteiger partial charge < -0.3 is 16.5 Å². The number of nitrogens with two attached hydrogens (primary N) is 2. The summed E-state index contributed by atoms with van der Waals surface area (Å²) >= 11 is 0. The van der Waals surface area contributed by atoms with Crippen LogP contribution in [0.25, 0.3) is 0 Å². The second kappa shape index (κ2) is 3.82. The molecule has 1 heterocycles. The first-order valence-corrected chi connectivity index (χ1v) is 2.76. The molecule has 5 nitrogen and oxygen atoms in total. The lowest BCUT2D eigenvalue weighted by Gasteiger charge is -1.85. The molecule has 0 spiro atoms. The summed E-state index contributed by atoms with van der Waals surface area (Å²) in [6.45, 7) is 0. The first-order chi connectivity index (χ1) is 4.68. The van der Waals surface area contributed by atoms with Gasteiger partial charge in [-0.2, -0.15) is 0 Å². The van der Waals surface area contributed by atoms with Gasteiger partial charge in [-0.05, 0) is 0 Å². The summed E-state index contributed by atoms with van der Waals surface area (Å²) in [7, 11) is 0. The molecule has 5 N–H and O–H groups in total. The summed E-state index contributed by atoms with van der Waals surface area (Å²) in [5, 5.41) is 0. The number of H-pyrrole nitrogens is 1. The molecule has 0 saturated heterocycles. The van der Waals surface area contributed by atoms with E-state index in [0.717, 1.165) is 0 Å². The Morgan fingerprint density at radius 1 is 1.73 bits per heavy atom. The van der Waals surface area contributed by atoms with Crippen LogP contribution in [0.4, 0.5) is 5.95 Å². The number of rotatable bonds is 2. The Morgan fingerprint density at radius 3 is 2.73 bits per heavy atom. The second-order valence-corrected chi connectivity index (χ2v) is 1.92. The lowest BCUT2D eigenvalue weighted by molar-refractivity contribution is -0.117. The average molecular weight is 177 g/mol. The number of halogens is 1. The molecule has 0 aliphatic carbocycles. The normalized spacial score (nSPS) is 8.73. The summed E-state index contributed by atoms with van der Waals surface area (Å²) in [6, 6.07) is 0. The highest BCUT2D eigenvalue weighted by molar-refractivity contribution is 5.85. The van der Waals surface area contributed by atoms with Gasteiger partial charge in [0.1, 0.15) is 0 Å². The molecule has 0 aliphatic rings. The SMILES string of the molecule is Cl.NC(=O)Cc1c[nH]c(N)n1. The first kappa shape index (κ1) is 9.77. The molecule has 0 aromatic carbocycles. The quantitative estimate of drug-likeness (QED) is 0.564. The van der Waals surface area contributed by atoms with E-state index in [0.29, 0.717) is 11.6 Å². The van der Waals surface area contributed by atoms with Crippen LogP contribution in [-0.2, 0) is 11.2 Å². The number of aromatic amines is 1. The van der Waals surface area contributed by atoms with Gasteiger partial charge in [0, 0.05) is 6.20 Å². The van der Waals surface area contributed by atoms with Crippen LogP contribution in [0.1, 0.15) is 5.69 Å². The Balaban J connectivity index is 0.000001000. The molecular weight excluding hydrogens is 168 g/mol. The third-order valence-corrected chi connectivity index (χ3v) is 1.01. The number of nitrogen functional groups attached to an aromatic ring is 1. The molecule has 0 atom stereocenters. The maximum absolute atomic E-state index is 10.3. The highest BCUT2D eigenvalue weighted by atomic mass is 35.5. The molecule has 11 heavy (non-hydrogen) atoms. The van der Waals surface area contributed by atoms with Crippen molar-refractivity contribution in [1.29, 1.82) is 0 Å². The summed E-state index contributed by atoms with van der Waals surface area (Å²) in [6.07, 6.45) is 1.69. The van der Waals surface area contributed by atoms with Crippen LogP contribution in [0, 0.1) is 0 Å². The number of carbonyl (C=O) groups excluding carboxylic acids is 1. The standard InChI is InChI=1S/C5H8N4O.ClH/c6-4(10)1-3-2-8-5(7)9-3;/h2H,1H2,(H2,6,10)(H3,7,8,9);1H. The molecule has 1 amide bonds. The summed E-state index contributed by atoms with van der Waals surface area (Å²) < 4.78 is 0. The van der Waals surface area contributed by atoms with Crippen LogP contribution >= 0.6 is 12.4 Å². The largest absolute Gasteiger partial charge is 0.369 e. The van der Waals surface area contributed by atoms with Gasteiger partial charge in [0.15, 0.2) is 5.95 Å². The molecule has 1 aromatic heterocycles. The minimum Gasteiger partial charge on any atom is -0.369 e. The van der Waals surface area contributed by atoms with E-state index in [1.165, 1.54) is 0 Å². The zero-order valence-electron chi connectivity index (χ0n) is 5.70. The summed E-state index contributed by atoms with van der Waals surface area (Å²) in [5.41, 5.74) is 10.7. The Hall–Kier alpha value is -1.23. The van der Waals surface area contributed by atoms with Gasteiger partial charge in [0.25, 0.3) is 0 Å². The van der Waals surface area contributed by atoms with Crippen molar-refractivity contribution in [2.45, 2.75) is 6.42 Å². The fourth-order valence-corrected chi connectivity index (χ4v) is 0.646. The van der Waals surface area contributed by atoms with Gasteiger partial charge in [-0.15, -0.1) is 12.4 Å². The predicted octanol–water partition coefficient (Wildman–Crippen LogP) is -0.559. The fraction of sp³-hybridized carbons (Fsp3) is 0.200. The van der Waals surface area contributed by atoms with Gasteiger partial charge in [-0.25, -0.2) is 4.98 Å². The van der Waals surface area contributed by atoms with E-state index < -0.39 is 5.91 Å². The fourth-order valence-electron chi connectivity index (χ4n) is 0.646. The molecule has 0 aliphatic heterocycles. The highest BCUT2D eigenvalue weighted by Crippen LogP contribution is 1.97. The Kier molecular flexibility index (Phi) is 3.39. The number of primary amides is 1. The molecule has 1 rings (SSSR count). The van der Waals surface area contributed by atoms with Crippen LogP contribution in [0.3, 0.4) is 0 Å². The van der Waals surface area contributed by atoms with Crippen molar-refractivity contribution in [1.82, 2.24) is 9.97 Å². The zero-order chi connectivity index (χ0) is 7.56. The van der Waals surface area contributed by atoms with E-state index >= 15 is 0 Å². The van der Waals surface area contributed by atoms with E-state index in [2.05, 4.69) is 9.97 Å². The Bertz CT molecular complexity index is 246. The van der Waals surface area contributed by atoms with Crippen LogP contribution in [0.15, 0.2) is 6.20 Å². The number of amides is 1. The van der Waals surface area contributed by atoms with Crippen molar-refractivity contribution >= 4 is 24.3 Å². The third kappa shape index (κ3) is 2.90. The van der Waals surface area contributed by atoms with Gasteiger partial charge >= 0.3 is 0 Å². The number of hydrogen-bond acceptors (Lipinski definition) is 3. The number of nitrogens with zero attached hydrogens (tertiary/aromatic N) is 1. The van der Waals surface area contributed by atoms with Crippen molar-refractivity contribution < 1.29 is 4.79 Å². The summed E-state index contributed by atoms with van der Waals surface area (Å²) in [5.74, 6) is -0.109. The zero-order valence-corrected chi connectivity index (χ0v) is 6.52. The molecule has 0 radical (unpaired) electrons. The van der Waals surface area contributed by atoms with Crippen molar-refractivity contribution in [3.05, 3.63) is 11.9 Å². The minimum atomic E-state index is -0.411. The molecule has 1 aromatic rings. The predicted molar refractivity (Wildman–Crippen MR) is 43.1 cm³/mol. The number of anilines is 1. The lowest BCUT2D eigenvalue weighted by Crippen LogP contribution is -2.13. The number of carbonyl (C=O) groups is 1. The van der Waals surface area contributed by atoms with E-state index in [1.807, 2.05) is 0 Å². The Labute approximate surface area is 69.6 Å². The maximum atomic E-state index is 10.3. The van der Waals surface area contributed by atoms with Crippen molar-refractivity contribution in [3.63, 3.8) is 0 Å². The molecule has 6 heteroatoms. The van der Waals surface area contributed by atoms with Gasteiger partial charge in [0.05, 0.1) is 12.1 Å². The molecule has 0 fully saturated rings. The third-order valence-electron chi connectivity index (χ3n) is 1.01. The number of nitrogens with one attached hydrogen (secondary N) is 1. The molecule has 0 saturated carbocycles. The van der Waals surface area contributed by atoms with Crippen LogP contribution in [-0.4, -0.2) is 15.9 Å². The highest BCUT2D eigenvalue weighted by Gasteiger charge is 2.00. The monoisotopic (exact) mass is 176 g/mol.